The van der Waals surface area contributed by atoms with Crippen molar-refractivity contribution in [1.82, 2.24) is 19.6 Å². The van der Waals surface area contributed by atoms with E-state index in [0.717, 1.165) is 21.5 Å². The van der Waals surface area contributed by atoms with Gasteiger partial charge in [-0.25, -0.2) is 9.50 Å². The van der Waals surface area contributed by atoms with Crippen LogP contribution in [0.5, 0.6) is 0 Å². The lowest BCUT2D eigenvalue weighted by Crippen LogP contribution is -2.21. The Morgan fingerprint density at radius 1 is 1.13 bits per heavy atom. The van der Waals surface area contributed by atoms with Gasteiger partial charge in [-0.3, -0.25) is 4.79 Å². The number of carbonyl (C=O) groups is 1. The summed E-state index contributed by atoms with van der Waals surface area (Å²) in [7, 11) is 0. The Morgan fingerprint density at radius 3 is 2.77 bits per heavy atom. The van der Waals surface area contributed by atoms with Gasteiger partial charge < -0.3 is 0 Å². The first kappa shape index (κ1) is 19.7. The van der Waals surface area contributed by atoms with Crippen LogP contribution in [-0.4, -0.2) is 25.4 Å². The van der Waals surface area contributed by atoms with E-state index in [2.05, 4.69) is 43.1 Å². The van der Waals surface area contributed by atoms with E-state index in [1.807, 2.05) is 36.4 Å². The number of carbonyl (C=O) groups excluding carboxylic acids is 1. The highest BCUT2D eigenvalue weighted by atomic mass is 79.9. The van der Waals surface area contributed by atoms with Gasteiger partial charge in [0.2, 0.25) is 5.16 Å². The minimum atomic E-state index is 0.0767. The molecule has 0 bridgehead atoms. The molecule has 0 fully saturated rings. The Hall–Kier alpha value is -2.22. The summed E-state index contributed by atoms with van der Waals surface area (Å²) in [6.07, 6.45) is 2.90. The zero-order valence-electron chi connectivity index (χ0n) is 15.8. The Morgan fingerprint density at radius 2 is 1.97 bits per heavy atom. The van der Waals surface area contributed by atoms with Gasteiger partial charge in [-0.2, -0.15) is 4.98 Å². The number of benzene rings is 2. The molecular weight excluding hydrogens is 484 g/mol. The Labute approximate surface area is 191 Å². The van der Waals surface area contributed by atoms with Crippen LogP contribution >= 0.6 is 39.3 Å². The molecule has 0 amide bonds. The zero-order chi connectivity index (χ0) is 20.7. The van der Waals surface area contributed by atoms with E-state index in [4.69, 9.17) is 11.6 Å². The molecule has 1 atom stereocenters. The van der Waals surface area contributed by atoms with Crippen LogP contribution in [0.2, 0.25) is 5.02 Å². The summed E-state index contributed by atoms with van der Waals surface area (Å²) >= 11 is 11.1. The van der Waals surface area contributed by atoms with Gasteiger partial charge in [0.1, 0.15) is 0 Å². The lowest BCUT2D eigenvalue weighted by Gasteiger charge is -2.23. The maximum Gasteiger partial charge on any atom is 0.253 e. The van der Waals surface area contributed by atoms with Crippen LogP contribution in [0.3, 0.4) is 0 Å². The van der Waals surface area contributed by atoms with Crippen LogP contribution in [-0.2, 0) is 12.2 Å². The fourth-order valence-corrected chi connectivity index (χ4v) is 4.89. The number of nitrogens with zero attached hydrogens (tertiary/aromatic N) is 4. The second-order valence-electron chi connectivity index (χ2n) is 7.24. The molecule has 2 aromatic heterocycles. The van der Waals surface area contributed by atoms with Gasteiger partial charge in [0.05, 0.1) is 11.3 Å². The molecule has 0 saturated heterocycles. The molecule has 1 aliphatic carbocycles. The maximum absolute atomic E-state index is 12.8. The SMILES string of the molecule is O=C1CC(c2cccc(Cl)c2)Cc2nc3nc(SCc4ccc(Br)cc4)nn3cc21. The molecule has 0 spiro atoms. The summed E-state index contributed by atoms with van der Waals surface area (Å²) in [5, 5.41) is 5.83. The van der Waals surface area contributed by atoms with Gasteiger partial charge in [0.15, 0.2) is 5.78 Å². The number of fused-ring (bicyclic) bond motifs is 2. The predicted molar refractivity (Wildman–Crippen MR) is 121 cm³/mol. The number of halogens is 2. The van der Waals surface area contributed by atoms with E-state index in [9.17, 15) is 4.79 Å². The average Bonchev–Trinajstić information content (AvgIpc) is 3.14. The molecule has 0 saturated carbocycles. The van der Waals surface area contributed by atoms with Crippen LogP contribution < -0.4 is 0 Å². The maximum atomic E-state index is 12.8. The van der Waals surface area contributed by atoms with Crippen LogP contribution in [0.15, 0.2) is 64.4 Å². The Bertz CT molecular complexity index is 1260. The molecule has 5 nitrogen and oxygen atoms in total. The Balaban J connectivity index is 1.40. The second kappa shape index (κ2) is 8.13. The summed E-state index contributed by atoms with van der Waals surface area (Å²) < 4.78 is 2.66. The first-order valence-electron chi connectivity index (χ1n) is 9.47. The van der Waals surface area contributed by atoms with Crippen molar-refractivity contribution in [3.63, 3.8) is 0 Å². The van der Waals surface area contributed by atoms with E-state index in [1.165, 1.54) is 5.56 Å². The molecular formula is C22H16BrClN4OS. The normalized spacial score (nSPS) is 16.1. The van der Waals surface area contributed by atoms with E-state index in [0.29, 0.717) is 34.4 Å². The van der Waals surface area contributed by atoms with Crippen LogP contribution in [0.4, 0.5) is 0 Å². The van der Waals surface area contributed by atoms with Crippen molar-refractivity contribution >= 4 is 50.9 Å². The summed E-state index contributed by atoms with van der Waals surface area (Å²) in [6.45, 7) is 0. The van der Waals surface area contributed by atoms with Crippen molar-refractivity contribution in [2.45, 2.75) is 29.7 Å². The molecule has 1 unspecified atom stereocenters. The van der Waals surface area contributed by atoms with Crippen LogP contribution in [0.1, 0.15) is 39.5 Å². The number of hydrogen-bond acceptors (Lipinski definition) is 5. The number of Topliss-reactive ketones (excluding diaryl/α,β-unsaturated/α-hetero) is 1. The molecule has 8 heteroatoms. The Kier molecular flexibility index (Phi) is 5.35. The summed E-state index contributed by atoms with van der Waals surface area (Å²) in [5.74, 6) is 1.44. The van der Waals surface area contributed by atoms with Gasteiger partial charge in [0.25, 0.3) is 5.78 Å². The fourth-order valence-electron chi connectivity index (χ4n) is 3.65. The largest absolute Gasteiger partial charge is 0.294 e. The molecule has 2 aromatic carbocycles. The summed E-state index contributed by atoms with van der Waals surface area (Å²) in [5.41, 5.74) is 3.67. The number of aromatic nitrogens is 4. The number of hydrogen-bond donors (Lipinski definition) is 0. The third kappa shape index (κ3) is 4.02. The monoisotopic (exact) mass is 498 g/mol. The molecule has 0 radical (unpaired) electrons. The van der Waals surface area contributed by atoms with Gasteiger partial charge in [-0.1, -0.05) is 63.6 Å². The molecule has 1 aliphatic rings. The molecule has 150 valence electrons. The molecule has 2 heterocycles. The van der Waals surface area contributed by atoms with Gasteiger partial charge in [-0.05, 0) is 47.7 Å². The van der Waals surface area contributed by atoms with Crippen molar-refractivity contribution in [3.8, 4) is 0 Å². The van der Waals surface area contributed by atoms with Gasteiger partial charge >= 0.3 is 0 Å². The number of ketones is 1. The smallest absolute Gasteiger partial charge is 0.253 e. The quantitative estimate of drug-likeness (QED) is 0.335. The summed E-state index contributed by atoms with van der Waals surface area (Å²) in [6, 6.07) is 15.9. The highest BCUT2D eigenvalue weighted by Crippen LogP contribution is 2.33. The second-order valence-corrected chi connectivity index (χ2v) is 9.53. The molecule has 30 heavy (non-hydrogen) atoms. The zero-order valence-corrected chi connectivity index (χ0v) is 18.9. The van der Waals surface area contributed by atoms with Gasteiger partial charge in [-0.15, -0.1) is 5.10 Å². The number of rotatable bonds is 4. The van der Waals surface area contributed by atoms with Gasteiger partial charge in [0, 0.05) is 27.9 Å². The molecule has 5 rings (SSSR count). The predicted octanol–water partition coefficient (Wildman–Crippen LogP) is 5.75. The van der Waals surface area contributed by atoms with Crippen molar-refractivity contribution in [2.24, 2.45) is 0 Å². The topological polar surface area (TPSA) is 60.2 Å². The minimum Gasteiger partial charge on any atom is -0.294 e. The van der Waals surface area contributed by atoms with Crippen molar-refractivity contribution in [3.05, 3.63) is 86.6 Å². The first-order chi connectivity index (χ1) is 14.5. The van der Waals surface area contributed by atoms with Crippen LogP contribution in [0.25, 0.3) is 5.78 Å². The van der Waals surface area contributed by atoms with E-state index < -0.39 is 0 Å². The highest BCUT2D eigenvalue weighted by molar-refractivity contribution is 9.10. The van der Waals surface area contributed by atoms with E-state index >= 15 is 0 Å². The average molecular weight is 500 g/mol. The third-order valence-corrected chi connectivity index (χ3v) is 6.84. The molecule has 0 N–H and O–H groups in total. The lowest BCUT2D eigenvalue weighted by molar-refractivity contribution is 0.0962. The molecule has 4 aromatic rings. The lowest BCUT2D eigenvalue weighted by atomic mass is 9.82. The van der Waals surface area contributed by atoms with E-state index in [-0.39, 0.29) is 11.7 Å². The highest BCUT2D eigenvalue weighted by Gasteiger charge is 2.28. The first-order valence-corrected chi connectivity index (χ1v) is 11.6. The third-order valence-electron chi connectivity index (χ3n) is 5.16. The summed E-state index contributed by atoms with van der Waals surface area (Å²) in [4.78, 5) is 22.0. The van der Waals surface area contributed by atoms with Crippen molar-refractivity contribution in [1.29, 1.82) is 0 Å². The minimum absolute atomic E-state index is 0.0767. The van der Waals surface area contributed by atoms with E-state index in [1.54, 1.807) is 22.5 Å². The fraction of sp³-hybridized carbons (Fsp3) is 0.182. The van der Waals surface area contributed by atoms with Crippen molar-refractivity contribution < 1.29 is 4.79 Å². The standard InChI is InChI=1S/C22H16BrClN4OS/c23-16-6-4-13(5-7-16)12-30-22-26-21-25-19-9-15(14-2-1-3-17(24)8-14)10-20(29)18(19)11-28(21)27-22/h1-8,11,15H,9-10,12H2. The molecule has 0 aliphatic heterocycles. The number of thioether (sulfide) groups is 1. The van der Waals surface area contributed by atoms with Crippen molar-refractivity contribution in [2.75, 3.05) is 0 Å². The van der Waals surface area contributed by atoms with Crippen LogP contribution in [0, 0.1) is 0 Å².